The fraction of sp³-hybridized carbons (Fsp3) is 0.188. The van der Waals surface area contributed by atoms with Gasteiger partial charge in [0.05, 0.1) is 11.8 Å². The van der Waals surface area contributed by atoms with Gasteiger partial charge >= 0.3 is 0 Å². The van der Waals surface area contributed by atoms with Crippen molar-refractivity contribution in [1.82, 2.24) is 15.1 Å². The summed E-state index contributed by atoms with van der Waals surface area (Å²) in [4.78, 5) is 8.12. The van der Waals surface area contributed by atoms with Crippen LogP contribution in [-0.2, 0) is 0 Å². The molecule has 3 rings (SSSR count). The highest BCUT2D eigenvalue weighted by Gasteiger charge is 2.18. The number of aromatic nitrogens is 3. The molecule has 0 fully saturated rings. The van der Waals surface area contributed by atoms with E-state index in [0.29, 0.717) is 10.9 Å². The van der Waals surface area contributed by atoms with E-state index < -0.39 is 11.9 Å². The third kappa shape index (κ3) is 3.48. The van der Waals surface area contributed by atoms with Crippen LogP contribution >= 0.6 is 11.6 Å². The summed E-state index contributed by atoms with van der Waals surface area (Å²) in [5.41, 5.74) is 1.10. The SMILES string of the molecule is Cc1ccc(-c2noc([C@H](C)Oc3ccc(Cl)nc3)n2)c(F)c1. The van der Waals surface area contributed by atoms with Gasteiger partial charge in [-0.3, -0.25) is 0 Å². The molecule has 7 heteroatoms. The van der Waals surface area contributed by atoms with Crippen molar-refractivity contribution in [2.75, 3.05) is 0 Å². The van der Waals surface area contributed by atoms with Crippen LogP contribution in [0.4, 0.5) is 4.39 Å². The fourth-order valence-corrected chi connectivity index (χ4v) is 2.11. The maximum absolute atomic E-state index is 14.0. The summed E-state index contributed by atoms with van der Waals surface area (Å²) in [6.45, 7) is 3.56. The normalized spacial score (nSPS) is 12.2. The monoisotopic (exact) mass is 333 g/mol. The minimum atomic E-state index is -0.507. The van der Waals surface area contributed by atoms with Gasteiger partial charge in [-0.05, 0) is 43.7 Å². The van der Waals surface area contributed by atoms with E-state index >= 15 is 0 Å². The van der Waals surface area contributed by atoms with Crippen molar-refractivity contribution in [2.45, 2.75) is 20.0 Å². The fourth-order valence-electron chi connectivity index (χ4n) is 2.00. The third-order valence-electron chi connectivity index (χ3n) is 3.17. The van der Waals surface area contributed by atoms with Crippen LogP contribution < -0.4 is 4.74 Å². The lowest BCUT2D eigenvalue weighted by Gasteiger charge is -2.09. The number of pyridine rings is 1. The molecule has 1 aromatic carbocycles. The van der Waals surface area contributed by atoms with Gasteiger partial charge in [-0.15, -0.1) is 0 Å². The van der Waals surface area contributed by atoms with Crippen molar-refractivity contribution >= 4 is 11.6 Å². The van der Waals surface area contributed by atoms with Crippen LogP contribution in [0.15, 0.2) is 41.1 Å². The van der Waals surface area contributed by atoms with Crippen molar-refractivity contribution in [2.24, 2.45) is 0 Å². The summed E-state index contributed by atoms with van der Waals surface area (Å²) >= 11 is 5.72. The minimum Gasteiger partial charge on any atom is -0.479 e. The Morgan fingerprint density at radius 3 is 2.78 bits per heavy atom. The second-order valence-electron chi connectivity index (χ2n) is 5.02. The summed E-state index contributed by atoms with van der Waals surface area (Å²) in [6.07, 6.45) is 0.989. The molecule has 0 radical (unpaired) electrons. The van der Waals surface area contributed by atoms with E-state index in [0.717, 1.165) is 5.56 Å². The molecule has 0 amide bonds. The van der Waals surface area contributed by atoms with Crippen LogP contribution in [-0.4, -0.2) is 15.1 Å². The molecule has 0 N–H and O–H groups in total. The average molecular weight is 334 g/mol. The summed E-state index contributed by atoms with van der Waals surface area (Å²) in [7, 11) is 0. The quantitative estimate of drug-likeness (QED) is 0.663. The molecule has 2 aromatic heterocycles. The van der Waals surface area contributed by atoms with E-state index in [1.807, 2.05) is 6.92 Å². The zero-order chi connectivity index (χ0) is 16.4. The molecule has 0 saturated carbocycles. The van der Waals surface area contributed by atoms with Gasteiger partial charge < -0.3 is 9.26 Å². The Morgan fingerprint density at radius 1 is 1.26 bits per heavy atom. The Kier molecular flexibility index (Phi) is 4.25. The van der Waals surface area contributed by atoms with E-state index in [9.17, 15) is 4.39 Å². The van der Waals surface area contributed by atoms with Crippen molar-refractivity contribution in [3.63, 3.8) is 0 Å². The second-order valence-corrected chi connectivity index (χ2v) is 5.40. The topological polar surface area (TPSA) is 61.0 Å². The Labute approximate surface area is 137 Å². The smallest absolute Gasteiger partial charge is 0.267 e. The van der Waals surface area contributed by atoms with Crippen LogP contribution in [0.2, 0.25) is 5.15 Å². The van der Waals surface area contributed by atoms with E-state index in [1.54, 1.807) is 31.2 Å². The highest BCUT2D eigenvalue weighted by molar-refractivity contribution is 6.29. The van der Waals surface area contributed by atoms with Crippen molar-refractivity contribution < 1.29 is 13.7 Å². The van der Waals surface area contributed by atoms with Gasteiger partial charge in [0.1, 0.15) is 16.7 Å². The average Bonchev–Trinajstić information content (AvgIpc) is 2.99. The molecule has 3 aromatic rings. The molecule has 0 bridgehead atoms. The number of aryl methyl sites for hydroxylation is 1. The Balaban J connectivity index is 1.79. The molecule has 0 aliphatic carbocycles. The Morgan fingerprint density at radius 2 is 2.09 bits per heavy atom. The van der Waals surface area contributed by atoms with Crippen molar-refractivity contribution in [3.8, 4) is 17.1 Å². The Hall–Kier alpha value is -2.47. The standard InChI is InChI=1S/C16H13ClFN3O2/c1-9-3-5-12(13(18)7-9)15-20-16(23-21-15)10(2)22-11-4-6-14(17)19-8-11/h3-8,10H,1-2H3/t10-/m0/s1. The molecular weight excluding hydrogens is 321 g/mol. The number of nitrogens with zero attached hydrogens (tertiary/aromatic N) is 3. The van der Waals surface area contributed by atoms with E-state index in [1.165, 1.54) is 12.3 Å². The molecule has 5 nitrogen and oxygen atoms in total. The van der Waals surface area contributed by atoms with Crippen LogP contribution in [0.3, 0.4) is 0 Å². The molecule has 0 aliphatic rings. The molecule has 0 unspecified atom stereocenters. The zero-order valence-electron chi connectivity index (χ0n) is 12.5. The minimum absolute atomic E-state index is 0.183. The number of halogens is 2. The van der Waals surface area contributed by atoms with Crippen molar-refractivity contribution in [3.05, 3.63) is 59.0 Å². The summed E-state index contributed by atoms with van der Waals surface area (Å²) < 4.78 is 24.8. The molecule has 1 atom stereocenters. The van der Waals surface area contributed by atoms with Crippen LogP contribution in [0.25, 0.3) is 11.4 Å². The van der Waals surface area contributed by atoms with Gasteiger partial charge in [-0.1, -0.05) is 22.8 Å². The predicted octanol–water partition coefficient (Wildman–Crippen LogP) is 4.37. The van der Waals surface area contributed by atoms with Crippen LogP contribution in [0.1, 0.15) is 24.5 Å². The van der Waals surface area contributed by atoms with E-state index in [4.69, 9.17) is 20.9 Å². The summed E-state index contributed by atoms with van der Waals surface area (Å²) in [5.74, 6) is 0.549. The summed E-state index contributed by atoms with van der Waals surface area (Å²) in [5, 5.41) is 4.19. The van der Waals surface area contributed by atoms with Gasteiger partial charge in [0, 0.05) is 0 Å². The molecule has 0 saturated heterocycles. The third-order valence-corrected chi connectivity index (χ3v) is 3.39. The van der Waals surface area contributed by atoms with Crippen LogP contribution in [0.5, 0.6) is 5.75 Å². The molecule has 2 heterocycles. The molecule has 118 valence electrons. The lowest BCUT2D eigenvalue weighted by atomic mass is 10.1. The number of ether oxygens (including phenoxy) is 1. The largest absolute Gasteiger partial charge is 0.479 e. The zero-order valence-corrected chi connectivity index (χ0v) is 13.2. The second kappa shape index (κ2) is 6.34. The number of benzene rings is 1. The maximum atomic E-state index is 14.0. The van der Waals surface area contributed by atoms with Gasteiger partial charge in [0.15, 0.2) is 6.10 Å². The first-order valence-electron chi connectivity index (χ1n) is 6.91. The highest BCUT2D eigenvalue weighted by atomic mass is 35.5. The first-order chi connectivity index (χ1) is 11.0. The number of hydrogen-bond acceptors (Lipinski definition) is 5. The lowest BCUT2D eigenvalue weighted by Crippen LogP contribution is -2.03. The van der Waals surface area contributed by atoms with Gasteiger partial charge in [-0.25, -0.2) is 9.37 Å². The first kappa shape index (κ1) is 15.4. The molecular formula is C16H13ClFN3O2. The van der Waals surface area contributed by atoms with Gasteiger partial charge in [0.2, 0.25) is 5.82 Å². The van der Waals surface area contributed by atoms with E-state index in [-0.39, 0.29) is 17.3 Å². The van der Waals surface area contributed by atoms with E-state index in [2.05, 4.69) is 15.1 Å². The van der Waals surface area contributed by atoms with Crippen molar-refractivity contribution in [1.29, 1.82) is 0 Å². The lowest BCUT2D eigenvalue weighted by molar-refractivity contribution is 0.175. The first-order valence-corrected chi connectivity index (χ1v) is 7.29. The molecule has 23 heavy (non-hydrogen) atoms. The molecule has 0 aliphatic heterocycles. The maximum Gasteiger partial charge on any atom is 0.267 e. The molecule has 0 spiro atoms. The Bertz CT molecular complexity index is 820. The number of hydrogen-bond donors (Lipinski definition) is 0. The number of rotatable bonds is 4. The summed E-state index contributed by atoms with van der Waals surface area (Å²) in [6, 6.07) is 8.12. The predicted molar refractivity (Wildman–Crippen MR) is 82.7 cm³/mol. The van der Waals surface area contributed by atoms with Crippen LogP contribution in [0, 0.1) is 12.7 Å². The van der Waals surface area contributed by atoms with Gasteiger partial charge in [0.25, 0.3) is 5.89 Å². The van der Waals surface area contributed by atoms with Gasteiger partial charge in [-0.2, -0.15) is 4.98 Å². The highest BCUT2D eigenvalue weighted by Crippen LogP contribution is 2.25.